The third kappa shape index (κ3) is 1.86. The summed E-state index contributed by atoms with van der Waals surface area (Å²) >= 11 is 0. The zero-order valence-electron chi connectivity index (χ0n) is 11.3. The molecule has 3 rings (SSSR count). The number of hydrogen-bond donors (Lipinski definition) is 0. The Morgan fingerprint density at radius 3 is 2.74 bits per heavy atom. The molecule has 0 aromatic heterocycles. The Balaban J connectivity index is 2.35. The Morgan fingerprint density at radius 1 is 1.26 bits per heavy atom. The van der Waals surface area contributed by atoms with E-state index in [9.17, 15) is 4.79 Å². The second-order valence-corrected chi connectivity index (χ2v) is 5.47. The summed E-state index contributed by atoms with van der Waals surface area (Å²) in [6, 6.07) is 9.75. The summed E-state index contributed by atoms with van der Waals surface area (Å²) in [7, 11) is 1.61. The van der Waals surface area contributed by atoms with Crippen molar-refractivity contribution in [3.8, 4) is 11.5 Å². The van der Waals surface area contributed by atoms with Crippen LogP contribution in [0.1, 0.15) is 30.6 Å². The molecule has 0 amide bonds. The molecule has 0 saturated heterocycles. The predicted octanol–water partition coefficient (Wildman–Crippen LogP) is 3.59. The van der Waals surface area contributed by atoms with Crippen LogP contribution in [0.2, 0.25) is 0 Å². The standard InChI is InChI=1S/C16H16O3/c1-16(2)9-13(17)12-8-10-6-4-5-7-11(10)14(18-3)15(12)19-16/h4-8H,9H2,1-3H3. The number of methoxy groups -OCH3 is 1. The first-order chi connectivity index (χ1) is 9.02. The van der Waals surface area contributed by atoms with Gasteiger partial charge in [-0.15, -0.1) is 0 Å². The number of hydrogen-bond acceptors (Lipinski definition) is 3. The van der Waals surface area contributed by atoms with Crippen molar-refractivity contribution in [1.29, 1.82) is 0 Å². The lowest BCUT2D eigenvalue weighted by Gasteiger charge is -2.32. The van der Waals surface area contributed by atoms with Crippen molar-refractivity contribution in [2.45, 2.75) is 25.9 Å². The number of ketones is 1. The zero-order chi connectivity index (χ0) is 13.6. The van der Waals surface area contributed by atoms with Gasteiger partial charge in [-0.25, -0.2) is 0 Å². The monoisotopic (exact) mass is 256 g/mol. The van der Waals surface area contributed by atoms with E-state index in [0.717, 1.165) is 10.8 Å². The van der Waals surface area contributed by atoms with Gasteiger partial charge in [0.2, 0.25) is 0 Å². The number of carbonyl (C=O) groups excluding carboxylic acids is 1. The summed E-state index contributed by atoms with van der Waals surface area (Å²) in [5.41, 5.74) is 0.134. The average molecular weight is 256 g/mol. The quantitative estimate of drug-likeness (QED) is 0.782. The first kappa shape index (κ1) is 12.0. The average Bonchev–Trinajstić information content (AvgIpc) is 2.35. The fraction of sp³-hybridized carbons (Fsp3) is 0.312. The minimum absolute atomic E-state index is 0.107. The van der Waals surface area contributed by atoms with Crippen molar-refractivity contribution in [1.82, 2.24) is 0 Å². The summed E-state index contributed by atoms with van der Waals surface area (Å²) in [6.07, 6.45) is 0.390. The summed E-state index contributed by atoms with van der Waals surface area (Å²) in [5, 5.41) is 1.96. The van der Waals surface area contributed by atoms with Crippen molar-refractivity contribution in [3.63, 3.8) is 0 Å². The van der Waals surface area contributed by atoms with Crippen LogP contribution >= 0.6 is 0 Å². The number of rotatable bonds is 1. The molecule has 0 unspecified atom stereocenters. The molecular formula is C16H16O3. The zero-order valence-corrected chi connectivity index (χ0v) is 11.3. The van der Waals surface area contributed by atoms with Crippen LogP contribution in [0.3, 0.4) is 0 Å². The van der Waals surface area contributed by atoms with Gasteiger partial charge in [-0.3, -0.25) is 4.79 Å². The minimum Gasteiger partial charge on any atom is -0.492 e. The van der Waals surface area contributed by atoms with Crippen molar-refractivity contribution in [2.75, 3.05) is 7.11 Å². The van der Waals surface area contributed by atoms with E-state index in [1.54, 1.807) is 7.11 Å². The highest BCUT2D eigenvalue weighted by molar-refractivity contribution is 6.06. The molecule has 0 atom stereocenters. The molecule has 3 heteroatoms. The van der Waals surface area contributed by atoms with Gasteiger partial charge in [-0.05, 0) is 25.3 Å². The van der Waals surface area contributed by atoms with Gasteiger partial charge in [0.25, 0.3) is 0 Å². The van der Waals surface area contributed by atoms with Crippen LogP contribution in [0.25, 0.3) is 10.8 Å². The van der Waals surface area contributed by atoms with E-state index in [-0.39, 0.29) is 5.78 Å². The van der Waals surface area contributed by atoms with Gasteiger partial charge in [-0.2, -0.15) is 0 Å². The molecule has 0 aliphatic carbocycles. The maximum atomic E-state index is 12.3. The van der Waals surface area contributed by atoms with Crippen molar-refractivity contribution in [3.05, 3.63) is 35.9 Å². The summed E-state index contributed by atoms with van der Waals surface area (Å²) in [5.74, 6) is 1.33. The van der Waals surface area contributed by atoms with Gasteiger partial charge < -0.3 is 9.47 Å². The van der Waals surface area contributed by atoms with Crippen LogP contribution < -0.4 is 9.47 Å². The van der Waals surface area contributed by atoms with Crippen molar-refractivity contribution < 1.29 is 14.3 Å². The fourth-order valence-corrected chi connectivity index (χ4v) is 2.60. The van der Waals surface area contributed by atoms with Crippen molar-refractivity contribution in [2.24, 2.45) is 0 Å². The van der Waals surface area contributed by atoms with Gasteiger partial charge >= 0.3 is 0 Å². The van der Waals surface area contributed by atoms with E-state index in [0.29, 0.717) is 23.5 Å². The molecule has 0 N–H and O–H groups in total. The van der Waals surface area contributed by atoms with Crippen LogP contribution in [-0.4, -0.2) is 18.5 Å². The Morgan fingerprint density at radius 2 is 2.00 bits per heavy atom. The van der Waals surface area contributed by atoms with Crippen LogP contribution in [0.15, 0.2) is 30.3 Å². The fourth-order valence-electron chi connectivity index (χ4n) is 2.60. The summed E-state index contributed by atoms with van der Waals surface area (Å²) < 4.78 is 11.5. The number of benzene rings is 2. The Bertz CT molecular complexity index is 671. The van der Waals surface area contributed by atoms with E-state index in [1.165, 1.54) is 0 Å². The molecule has 0 radical (unpaired) electrons. The molecule has 1 heterocycles. The first-order valence-corrected chi connectivity index (χ1v) is 6.34. The van der Waals surface area contributed by atoms with Crippen LogP contribution in [0, 0.1) is 0 Å². The van der Waals surface area contributed by atoms with Crippen molar-refractivity contribution >= 4 is 16.6 Å². The van der Waals surface area contributed by atoms with Gasteiger partial charge in [-0.1, -0.05) is 24.3 Å². The number of Topliss-reactive ketones (excluding diaryl/α,β-unsaturated/α-hetero) is 1. The van der Waals surface area contributed by atoms with E-state index in [1.807, 2.05) is 44.2 Å². The van der Waals surface area contributed by atoms with E-state index in [4.69, 9.17) is 9.47 Å². The Labute approximate surface area is 112 Å². The highest BCUT2D eigenvalue weighted by Gasteiger charge is 2.35. The SMILES string of the molecule is COc1c2c(cc3ccccc13)C(=O)CC(C)(C)O2. The van der Waals surface area contributed by atoms with Crippen LogP contribution in [0.5, 0.6) is 11.5 Å². The van der Waals surface area contributed by atoms with Gasteiger partial charge in [0, 0.05) is 5.39 Å². The molecule has 0 saturated carbocycles. The molecule has 19 heavy (non-hydrogen) atoms. The molecule has 1 aliphatic rings. The molecule has 0 spiro atoms. The number of carbonyl (C=O) groups is 1. The lowest BCUT2D eigenvalue weighted by atomic mass is 9.91. The van der Waals surface area contributed by atoms with E-state index in [2.05, 4.69) is 0 Å². The normalized spacial score (nSPS) is 16.9. The summed E-state index contributed by atoms with van der Waals surface area (Å²) in [6.45, 7) is 3.84. The maximum Gasteiger partial charge on any atom is 0.173 e. The van der Waals surface area contributed by atoms with E-state index < -0.39 is 5.60 Å². The molecule has 98 valence electrons. The molecule has 3 nitrogen and oxygen atoms in total. The van der Waals surface area contributed by atoms with Gasteiger partial charge in [0.05, 0.1) is 19.1 Å². The van der Waals surface area contributed by atoms with E-state index >= 15 is 0 Å². The van der Waals surface area contributed by atoms with Crippen LogP contribution in [0.4, 0.5) is 0 Å². The lowest BCUT2D eigenvalue weighted by Crippen LogP contribution is -2.36. The Kier molecular flexibility index (Phi) is 2.52. The van der Waals surface area contributed by atoms with Crippen LogP contribution in [-0.2, 0) is 0 Å². The molecule has 2 aromatic rings. The topological polar surface area (TPSA) is 35.5 Å². The molecule has 0 bridgehead atoms. The highest BCUT2D eigenvalue weighted by Crippen LogP contribution is 2.44. The number of ether oxygens (including phenoxy) is 2. The number of fused-ring (bicyclic) bond motifs is 2. The third-order valence-electron chi connectivity index (χ3n) is 3.43. The smallest absolute Gasteiger partial charge is 0.173 e. The lowest BCUT2D eigenvalue weighted by molar-refractivity contribution is 0.0603. The molecule has 0 fully saturated rings. The summed E-state index contributed by atoms with van der Waals surface area (Å²) in [4.78, 5) is 12.3. The second kappa shape index (κ2) is 3.98. The van der Waals surface area contributed by atoms with Gasteiger partial charge in [0.15, 0.2) is 17.3 Å². The molecule has 2 aromatic carbocycles. The predicted molar refractivity (Wildman–Crippen MR) is 74.2 cm³/mol. The minimum atomic E-state index is -0.486. The molecular weight excluding hydrogens is 240 g/mol. The second-order valence-electron chi connectivity index (χ2n) is 5.47. The molecule has 1 aliphatic heterocycles. The Hall–Kier alpha value is -2.03. The largest absolute Gasteiger partial charge is 0.492 e. The first-order valence-electron chi connectivity index (χ1n) is 6.34. The maximum absolute atomic E-state index is 12.3. The highest BCUT2D eigenvalue weighted by atomic mass is 16.5. The van der Waals surface area contributed by atoms with Gasteiger partial charge in [0.1, 0.15) is 5.60 Å². The third-order valence-corrected chi connectivity index (χ3v) is 3.43.